The van der Waals surface area contributed by atoms with Crippen molar-refractivity contribution in [2.45, 2.75) is 24.5 Å². The first-order valence-electron chi connectivity index (χ1n) is 13.0. The van der Waals surface area contributed by atoms with Crippen LogP contribution in [-0.2, 0) is 20.4 Å². The molecule has 0 radical (unpaired) electrons. The van der Waals surface area contributed by atoms with Crippen LogP contribution >= 0.6 is 11.9 Å². The van der Waals surface area contributed by atoms with Crippen LogP contribution < -0.4 is 9.62 Å². The number of halogens is 1. The minimum absolute atomic E-state index is 0.00769. The molecule has 2 atom stereocenters. The van der Waals surface area contributed by atoms with Gasteiger partial charge in [-0.15, -0.1) is 0 Å². The second-order valence-corrected chi connectivity index (χ2v) is 12.8. The van der Waals surface area contributed by atoms with Crippen LogP contribution in [0.3, 0.4) is 0 Å². The lowest BCUT2D eigenvalue weighted by atomic mass is 9.89. The second kappa shape index (κ2) is 11.7. The van der Waals surface area contributed by atoms with Gasteiger partial charge in [-0.1, -0.05) is 22.3 Å². The number of hydrogen-bond acceptors (Lipinski definition) is 6. The van der Waals surface area contributed by atoms with E-state index >= 15 is 0 Å². The van der Waals surface area contributed by atoms with E-state index < -0.39 is 10.4 Å². The average Bonchev–Trinajstić information content (AvgIpc) is 3.35. The van der Waals surface area contributed by atoms with E-state index in [0.717, 1.165) is 24.1 Å². The van der Waals surface area contributed by atoms with Crippen molar-refractivity contribution in [2.75, 3.05) is 37.7 Å². The summed E-state index contributed by atoms with van der Waals surface area (Å²) in [7, 11) is 0.208. The molecule has 210 valence electrons. The Morgan fingerprint density at radius 1 is 1.30 bits per heavy atom. The van der Waals surface area contributed by atoms with Crippen LogP contribution in [0.25, 0.3) is 22.3 Å². The van der Waals surface area contributed by atoms with Gasteiger partial charge < -0.3 is 14.0 Å². The number of nitrogens with zero attached hydrogens (tertiary/aromatic N) is 3. The molecule has 1 aliphatic rings. The van der Waals surface area contributed by atoms with Crippen LogP contribution in [0.5, 0.6) is 0 Å². The van der Waals surface area contributed by atoms with Gasteiger partial charge in [-0.2, -0.15) is 4.55 Å². The number of furan rings is 1. The zero-order valence-electron chi connectivity index (χ0n) is 22.6. The molecular weight excluding hydrogens is 551 g/mol. The van der Waals surface area contributed by atoms with Crippen molar-refractivity contribution in [3.05, 3.63) is 83.4 Å². The van der Waals surface area contributed by atoms with Crippen LogP contribution in [0.1, 0.15) is 40.2 Å². The van der Waals surface area contributed by atoms with Crippen molar-refractivity contribution in [2.24, 2.45) is 0 Å². The summed E-state index contributed by atoms with van der Waals surface area (Å²) in [5, 5.41) is 3.35. The lowest BCUT2D eigenvalue weighted by Crippen LogP contribution is -2.43. The number of hydrogen-bond donors (Lipinski definition) is 2. The van der Waals surface area contributed by atoms with Gasteiger partial charge in [-0.05, 0) is 59.0 Å². The van der Waals surface area contributed by atoms with Crippen molar-refractivity contribution in [3.8, 4) is 11.3 Å². The average molecular weight is 584 g/mol. The van der Waals surface area contributed by atoms with E-state index in [0.29, 0.717) is 46.5 Å². The number of fused-ring (bicyclic) bond motifs is 1. The number of anilines is 1. The molecule has 3 heterocycles. The largest absolute Gasteiger partial charge is 0.455 e. The Hall–Kier alpha value is -3.25. The normalized spacial score (nSPS) is 17.5. The summed E-state index contributed by atoms with van der Waals surface area (Å²) in [4.78, 5) is 17.2. The third-order valence-corrected chi connectivity index (χ3v) is 9.91. The standard InChI is InChI=1S/C29H31FN4O4S2/c1-31-29(35)27-24-14-23(21-7-5-13-34(17-21)40(36,37)18-19-6-4-12-32-16-19)25(33(2)39-3)15-26(24)38-28(27)20-8-10-22(30)11-9-20/h4,6,8-12,14-16,21H,5,7,13,17-18H2,1-3H3,(H-,31,35,36,37)/p+1/t21-/m0/s1. The van der Waals surface area contributed by atoms with E-state index in [1.165, 1.54) is 24.1 Å². The maximum absolute atomic E-state index is 13.6. The molecule has 2 aromatic heterocycles. The highest BCUT2D eigenvalue weighted by molar-refractivity contribution is 7.99. The molecule has 1 fully saturated rings. The molecule has 2 N–H and O–H groups in total. The van der Waals surface area contributed by atoms with Gasteiger partial charge in [0.1, 0.15) is 17.2 Å². The number of piperidine rings is 1. The molecule has 1 saturated heterocycles. The second-order valence-electron chi connectivity index (χ2n) is 9.82. The number of benzene rings is 2. The first kappa shape index (κ1) is 28.3. The minimum atomic E-state index is -3.31. The number of rotatable bonds is 8. The van der Waals surface area contributed by atoms with Gasteiger partial charge in [0.15, 0.2) is 5.75 Å². The van der Waals surface area contributed by atoms with Crippen molar-refractivity contribution < 1.29 is 22.4 Å². The number of aromatic nitrogens is 1. The van der Waals surface area contributed by atoms with Gasteiger partial charge in [0, 0.05) is 67.8 Å². The van der Waals surface area contributed by atoms with Gasteiger partial charge in [-0.25, -0.2) is 4.39 Å². The SMILES string of the molecule is CNC(=O)c1c(-c2ccc(F)cc2)oc2cc(N(C)SC)c([C@H]3CCCN([S+](=O)(O)Cc4cccnc4)C3)cc12. The first-order chi connectivity index (χ1) is 19.2. The molecule has 11 heteroatoms. The first-order valence-corrected chi connectivity index (χ1v) is 15.8. The monoisotopic (exact) mass is 583 g/mol. The number of nitrogens with one attached hydrogen (secondary N) is 1. The smallest absolute Gasteiger partial charge is 0.295 e. The summed E-state index contributed by atoms with van der Waals surface area (Å²) in [6.45, 7) is 0.917. The Morgan fingerprint density at radius 3 is 2.75 bits per heavy atom. The summed E-state index contributed by atoms with van der Waals surface area (Å²) >= 11 is 1.54. The molecule has 0 spiro atoms. The Morgan fingerprint density at radius 2 is 2.08 bits per heavy atom. The third kappa shape index (κ3) is 5.64. The van der Waals surface area contributed by atoms with E-state index in [1.54, 1.807) is 41.9 Å². The Bertz CT molecular complexity index is 1560. The summed E-state index contributed by atoms with van der Waals surface area (Å²) in [5.41, 5.74) is 4.10. The van der Waals surface area contributed by atoms with Gasteiger partial charge in [0.2, 0.25) is 0 Å². The third-order valence-electron chi connectivity index (χ3n) is 7.32. The summed E-state index contributed by atoms with van der Waals surface area (Å²) < 4.78 is 48.2. The maximum atomic E-state index is 13.6. The predicted octanol–water partition coefficient (Wildman–Crippen LogP) is 5.97. The van der Waals surface area contributed by atoms with Crippen LogP contribution in [0, 0.1) is 5.82 Å². The van der Waals surface area contributed by atoms with E-state index in [2.05, 4.69) is 10.3 Å². The Kier molecular flexibility index (Phi) is 8.27. The van der Waals surface area contributed by atoms with E-state index in [1.807, 2.05) is 35.8 Å². The van der Waals surface area contributed by atoms with E-state index in [4.69, 9.17) is 4.42 Å². The predicted molar refractivity (Wildman–Crippen MR) is 159 cm³/mol. The molecule has 1 amide bonds. The van der Waals surface area contributed by atoms with Crippen LogP contribution in [-0.4, -0.2) is 53.2 Å². The summed E-state index contributed by atoms with van der Waals surface area (Å²) in [6, 6.07) is 13.3. The van der Waals surface area contributed by atoms with Gasteiger partial charge in [0.05, 0.1) is 17.8 Å². The van der Waals surface area contributed by atoms with Gasteiger partial charge >= 0.3 is 0 Å². The fourth-order valence-electron chi connectivity index (χ4n) is 5.25. The highest BCUT2D eigenvalue weighted by atomic mass is 32.3. The lowest BCUT2D eigenvalue weighted by molar-refractivity contribution is 0.0964. The lowest BCUT2D eigenvalue weighted by Gasteiger charge is -2.32. The number of amides is 1. The molecule has 0 saturated carbocycles. The molecule has 5 rings (SSSR count). The molecule has 0 bridgehead atoms. The van der Waals surface area contributed by atoms with Crippen LogP contribution in [0.15, 0.2) is 65.3 Å². The summed E-state index contributed by atoms with van der Waals surface area (Å²) in [5.74, 6) is -0.363. The topological polar surface area (TPSA) is 98.9 Å². The quantitative estimate of drug-likeness (QED) is 0.195. The van der Waals surface area contributed by atoms with Gasteiger partial charge in [0.25, 0.3) is 16.3 Å². The summed E-state index contributed by atoms with van der Waals surface area (Å²) in [6.07, 6.45) is 6.82. The van der Waals surface area contributed by atoms with Crippen LogP contribution in [0.2, 0.25) is 0 Å². The molecule has 1 aliphatic heterocycles. The van der Waals surface area contributed by atoms with Crippen molar-refractivity contribution >= 4 is 44.9 Å². The zero-order chi connectivity index (χ0) is 28.4. The number of carbonyl (C=O) groups excluding carboxylic acids is 1. The fourth-order valence-corrected chi connectivity index (χ4v) is 7.22. The molecule has 2 aromatic carbocycles. The molecule has 40 heavy (non-hydrogen) atoms. The Labute approximate surface area is 238 Å². The number of pyridine rings is 1. The molecule has 0 aliphatic carbocycles. The molecular formula is C29H32FN4O4S2+. The molecule has 1 unspecified atom stereocenters. The highest BCUT2D eigenvalue weighted by Crippen LogP contribution is 2.43. The highest BCUT2D eigenvalue weighted by Gasteiger charge is 2.40. The Balaban J connectivity index is 1.58. The van der Waals surface area contributed by atoms with Crippen LogP contribution in [0.4, 0.5) is 10.1 Å². The number of carbonyl (C=O) groups is 1. The maximum Gasteiger partial charge on any atom is 0.295 e. The van der Waals surface area contributed by atoms with E-state index in [9.17, 15) is 17.9 Å². The molecule has 4 aromatic rings. The van der Waals surface area contributed by atoms with E-state index in [-0.39, 0.29) is 23.4 Å². The zero-order valence-corrected chi connectivity index (χ0v) is 24.2. The molecule has 8 nitrogen and oxygen atoms in total. The fraction of sp³-hybridized carbons (Fsp3) is 0.310. The van der Waals surface area contributed by atoms with Crippen molar-refractivity contribution in [3.63, 3.8) is 0 Å². The van der Waals surface area contributed by atoms with Crippen molar-refractivity contribution in [1.29, 1.82) is 0 Å². The van der Waals surface area contributed by atoms with Gasteiger partial charge in [-0.3, -0.25) is 9.78 Å². The van der Waals surface area contributed by atoms with Crippen molar-refractivity contribution in [1.82, 2.24) is 14.6 Å². The minimum Gasteiger partial charge on any atom is -0.455 e.